The zero-order chi connectivity index (χ0) is 24.4. The van der Waals surface area contributed by atoms with Crippen LogP contribution in [-0.4, -0.2) is 44.7 Å². The van der Waals surface area contributed by atoms with Crippen molar-refractivity contribution in [1.29, 1.82) is 0 Å². The van der Waals surface area contributed by atoms with Gasteiger partial charge in [0.15, 0.2) is 5.82 Å². The number of benzene rings is 3. The van der Waals surface area contributed by atoms with Crippen LogP contribution in [0.3, 0.4) is 0 Å². The largest absolute Gasteiger partial charge is 0.345 e. The summed E-state index contributed by atoms with van der Waals surface area (Å²) in [5.74, 6) is 0.189. The van der Waals surface area contributed by atoms with E-state index in [1.165, 1.54) is 5.56 Å². The maximum absolute atomic E-state index is 13.1. The molecule has 1 unspecified atom stereocenters. The van der Waals surface area contributed by atoms with Gasteiger partial charge in [-0.15, -0.1) is 5.10 Å². The average molecular weight is 527 g/mol. The van der Waals surface area contributed by atoms with Crippen molar-refractivity contribution in [2.24, 2.45) is 0 Å². The summed E-state index contributed by atoms with van der Waals surface area (Å²) in [6, 6.07) is 22.6. The number of halogens is 3. The molecule has 0 aliphatic carbocycles. The van der Waals surface area contributed by atoms with Crippen LogP contribution in [-0.2, 0) is 6.54 Å². The van der Waals surface area contributed by atoms with Gasteiger partial charge in [-0.3, -0.25) is 9.69 Å². The lowest BCUT2D eigenvalue weighted by atomic mass is 10.2. The summed E-state index contributed by atoms with van der Waals surface area (Å²) in [7, 11) is 0. The summed E-state index contributed by atoms with van der Waals surface area (Å²) >= 11 is 18.6. The molecule has 1 aromatic heterocycles. The lowest BCUT2D eigenvalue weighted by Crippen LogP contribution is -2.37. The Balaban J connectivity index is 1.37. The van der Waals surface area contributed by atoms with Crippen LogP contribution >= 0.6 is 34.8 Å². The molecule has 1 aliphatic heterocycles. The molecular formula is C26H22Cl3N5O. The molecule has 4 aromatic rings. The minimum Gasteiger partial charge on any atom is -0.345 e. The Kier molecular flexibility index (Phi) is 7.07. The second-order valence-electron chi connectivity index (χ2n) is 8.45. The predicted octanol–water partition coefficient (Wildman–Crippen LogP) is 5.90. The van der Waals surface area contributed by atoms with E-state index in [1.807, 2.05) is 30.3 Å². The SMILES string of the molecule is O=C(NC1CCN(Cc2ccccc2)C1)c1nc(-c2ccc(Cl)cc2Cl)n(-c2ccc(Cl)cc2)n1. The van der Waals surface area contributed by atoms with Crippen LogP contribution in [0, 0.1) is 0 Å². The fourth-order valence-corrected chi connectivity index (χ4v) is 4.82. The molecule has 1 atom stereocenters. The van der Waals surface area contributed by atoms with Crippen molar-refractivity contribution in [2.75, 3.05) is 13.1 Å². The normalized spacial score (nSPS) is 15.9. The number of likely N-dealkylation sites (tertiary alicyclic amines) is 1. The Labute approximate surface area is 218 Å². The number of amides is 1. The number of nitrogens with zero attached hydrogens (tertiary/aromatic N) is 4. The second-order valence-corrected chi connectivity index (χ2v) is 9.73. The third-order valence-electron chi connectivity index (χ3n) is 5.91. The maximum atomic E-state index is 13.1. The lowest BCUT2D eigenvalue weighted by Gasteiger charge is -2.16. The maximum Gasteiger partial charge on any atom is 0.291 e. The van der Waals surface area contributed by atoms with Crippen LogP contribution in [0.25, 0.3) is 17.1 Å². The van der Waals surface area contributed by atoms with Crippen molar-refractivity contribution in [2.45, 2.75) is 19.0 Å². The first-order chi connectivity index (χ1) is 17.0. The highest BCUT2D eigenvalue weighted by atomic mass is 35.5. The first-order valence-corrected chi connectivity index (χ1v) is 12.4. The third-order valence-corrected chi connectivity index (χ3v) is 6.71. The van der Waals surface area contributed by atoms with Gasteiger partial charge >= 0.3 is 0 Å². The van der Waals surface area contributed by atoms with Crippen molar-refractivity contribution in [3.05, 3.63) is 99.3 Å². The topological polar surface area (TPSA) is 63.1 Å². The van der Waals surface area contributed by atoms with E-state index in [1.54, 1.807) is 35.0 Å². The number of rotatable bonds is 6. The van der Waals surface area contributed by atoms with Crippen LogP contribution in [0.4, 0.5) is 0 Å². The quantitative estimate of drug-likeness (QED) is 0.340. The minimum atomic E-state index is -0.324. The van der Waals surface area contributed by atoms with Gasteiger partial charge in [0.1, 0.15) is 0 Å². The van der Waals surface area contributed by atoms with E-state index >= 15 is 0 Å². The standard InChI is InChI=1S/C26H22Cl3N5O/c27-18-6-9-21(10-7-18)34-25(22-11-8-19(28)14-23(22)29)31-24(32-34)26(35)30-20-12-13-33(16-20)15-17-4-2-1-3-5-17/h1-11,14,20H,12-13,15-16H2,(H,30,35). The van der Waals surface area contributed by atoms with E-state index in [9.17, 15) is 4.79 Å². The molecule has 1 N–H and O–H groups in total. The first kappa shape index (κ1) is 23.8. The van der Waals surface area contributed by atoms with Crippen molar-refractivity contribution in [3.63, 3.8) is 0 Å². The summed E-state index contributed by atoms with van der Waals surface area (Å²) in [5.41, 5.74) is 2.58. The first-order valence-electron chi connectivity index (χ1n) is 11.2. The molecule has 2 heterocycles. The molecule has 1 fully saturated rings. The van der Waals surface area contributed by atoms with Crippen molar-refractivity contribution in [1.82, 2.24) is 25.0 Å². The number of hydrogen-bond donors (Lipinski definition) is 1. The number of hydrogen-bond acceptors (Lipinski definition) is 4. The zero-order valence-electron chi connectivity index (χ0n) is 18.7. The van der Waals surface area contributed by atoms with Crippen LogP contribution in [0.1, 0.15) is 22.6 Å². The molecule has 0 spiro atoms. The summed E-state index contributed by atoms with van der Waals surface area (Å²) in [5, 5.41) is 9.14. The molecule has 3 aromatic carbocycles. The Morgan fingerprint density at radius 1 is 0.971 bits per heavy atom. The summed E-state index contributed by atoms with van der Waals surface area (Å²) in [6.07, 6.45) is 0.867. The Hall–Kier alpha value is -2.90. The Bertz CT molecular complexity index is 1340. The van der Waals surface area contributed by atoms with E-state index in [0.29, 0.717) is 32.1 Å². The zero-order valence-corrected chi connectivity index (χ0v) is 20.9. The third kappa shape index (κ3) is 5.52. The van der Waals surface area contributed by atoms with E-state index in [0.717, 1.165) is 26.1 Å². The summed E-state index contributed by atoms with van der Waals surface area (Å²) in [4.78, 5) is 20.0. The van der Waals surface area contributed by atoms with Crippen LogP contribution in [0.5, 0.6) is 0 Å². The molecule has 0 saturated carbocycles. The number of carbonyl (C=O) groups excluding carboxylic acids is 1. The minimum absolute atomic E-state index is 0.0243. The fourth-order valence-electron chi connectivity index (χ4n) is 4.20. The van der Waals surface area contributed by atoms with Gasteiger partial charge in [0.25, 0.3) is 5.91 Å². The van der Waals surface area contributed by atoms with Gasteiger partial charge in [0, 0.05) is 41.3 Å². The molecule has 0 bridgehead atoms. The number of nitrogens with one attached hydrogen (secondary N) is 1. The van der Waals surface area contributed by atoms with E-state index in [4.69, 9.17) is 34.8 Å². The molecule has 1 saturated heterocycles. The highest BCUT2D eigenvalue weighted by molar-refractivity contribution is 6.36. The van der Waals surface area contributed by atoms with Crippen LogP contribution < -0.4 is 5.32 Å². The van der Waals surface area contributed by atoms with Gasteiger partial charge in [0.05, 0.1) is 10.7 Å². The van der Waals surface area contributed by atoms with Crippen molar-refractivity contribution >= 4 is 40.7 Å². The highest BCUT2D eigenvalue weighted by Gasteiger charge is 2.27. The lowest BCUT2D eigenvalue weighted by molar-refractivity contribution is 0.0927. The smallest absolute Gasteiger partial charge is 0.291 e. The van der Waals surface area contributed by atoms with Gasteiger partial charge < -0.3 is 5.32 Å². The predicted molar refractivity (Wildman–Crippen MR) is 139 cm³/mol. The molecule has 1 amide bonds. The summed E-state index contributed by atoms with van der Waals surface area (Å²) < 4.78 is 1.59. The second kappa shape index (κ2) is 10.4. The molecule has 6 nitrogen and oxygen atoms in total. The molecule has 0 radical (unpaired) electrons. The van der Waals surface area contributed by atoms with Crippen LogP contribution in [0.15, 0.2) is 72.8 Å². The number of aromatic nitrogens is 3. The van der Waals surface area contributed by atoms with Crippen molar-refractivity contribution in [3.8, 4) is 17.1 Å². The molecular weight excluding hydrogens is 505 g/mol. The van der Waals surface area contributed by atoms with E-state index < -0.39 is 0 Å². The van der Waals surface area contributed by atoms with Gasteiger partial charge in [-0.1, -0.05) is 65.1 Å². The van der Waals surface area contributed by atoms with E-state index in [-0.39, 0.29) is 17.8 Å². The van der Waals surface area contributed by atoms with Gasteiger partial charge in [-0.05, 0) is 54.4 Å². The highest BCUT2D eigenvalue weighted by Crippen LogP contribution is 2.31. The molecule has 35 heavy (non-hydrogen) atoms. The van der Waals surface area contributed by atoms with Crippen LogP contribution in [0.2, 0.25) is 15.1 Å². The fraction of sp³-hybridized carbons (Fsp3) is 0.192. The molecule has 5 rings (SSSR count). The molecule has 1 aliphatic rings. The van der Waals surface area contributed by atoms with Gasteiger partial charge in [0.2, 0.25) is 5.82 Å². The Morgan fingerprint density at radius 2 is 1.71 bits per heavy atom. The monoisotopic (exact) mass is 525 g/mol. The summed E-state index contributed by atoms with van der Waals surface area (Å²) in [6.45, 7) is 2.54. The Morgan fingerprint density at radius 3 is 2.46 bits per heavy atom. The number of carbonyl (C=O) groups is 1. The molecule has 9 heteroatoms. The van der Waals surface area contributed by atoms with E-state index in [2.05, 4.69) is 32.4 Å². The van der Waals surface area contributed by atoms with Gasteiger partial charge in [-0.25, -0.2) is 9.67 Å². The van der Waals surface area contributed by atoms with Crippen molar-refractivity contribution < 1.29 is 4.79 Å². The van der Waals surface area contributed by atoms with Gasteiger partial charge in [-0.2, -0.15) is 0 Å². The average Bonchev–Trinajstić information content (AvgIpc) is 3.48. The molecule has 178 valence electrons.